The number of amides is 1. The zero-order valence-corrected chi connectivity index (χ0v) is 13.1. The lowest BCUT2D eigenvalue weighted by molar-refractivity contribution is 0.0774. The van der Waals surface area contributed by atoms with Crippen molar-refractivity contribution in [2.75, 3.05) is 13.3 Å². The van der Waals surface area contributed by atoms with Crippen LogP contribution in [0.25, 0.3) is 0 Å². The van der Waals surface area contributed by atoms with Crippen LogP contribution >= 0.6 is 11.8 Å². The first-order valence-corrected chi connectivity index (χ1v) is 7.69. The molecule has 0 radical (unpaired) electrons. The molecule has 0 N–H and O–H groups in total. The van der Waals surface area contributed by atoms with Gasteiger partial charge in [0.05, 0.1) is 6.54 Å². The van der Waals surface area contributed by atoms with Gasteiger partial charge in [0.15, 0.2) is 0 Å². The number of benzene rings is 1. The predicted octanol–water partition coefficient (Wildman–Crippen LogP) is 3.89. The molecule has 4 heteroatoms. The van der Waals surface area contributed by atoms with Crippen LogP contribution in [0.5, 0.6) is 0 Å². The lowest BCUT2D eigenvalue weighted by Gasteiger charge is -2.17. The standard InChI is InChI=1S/C16H19NO2S/c1-11-5-8-14(20-4)9-15(11)16(18)17(3)10-13-7-6-12(2)19-13/h5-9H,10H2,1-4H3. The van der Waals surface area contributed by atoms with Gasteiger partial charge in [-0.15, -0.1) is 11.8 Å². The van der Waals surface area contributed by atoms with Crippen molar-refractivity contribution in [3.8, 4) is 0 Å². The van der Waals surface area contributed by atoms with Crippen LogP contribution in [0.15, 0.2) is 39.6 Å². The molecule has 0 unspecified atom stereocenters. The van der Waals surface area contributed by atoms with Crippen molar-refractivity contribution in [3.63, 3.8) is 0 Å². The number of nitrogens with zero attached hydrogens (tertiary/aromatic N) is 1. The van der Waals surface area contributed by atoms with Gasteiger partial charge in [-0.3, -0.25) is 4.79 Å². The van der Waals surface area contributed by atoms with Gasteiger partial charge in [-0.25, -0.2) is 0 Å². The third-order valence-electron chi connectivity index (χ3n) is 3.21. The molecule has 2 rings (SSSR count). The van der Waals surface area contributed by atoms with Crippen molar-refractivity contribution in [1.29, 1.82) is 0 Å². The number of rotatable bonds is 4. The predicted molar refractivity (Wildman–Crippen MR) is 82.2 cm³/mol. The Morgan fingerprint density at radius 3 is 2.60 bits per heavy atom. The van der Waals surface area contributed by atoms with E-state index in [0.29, 0.717) is 6.54 Å². The molecule has 0 aliphatic rings. The lowest BCUT2D eigenvalue weighted by atomic mass is 10.1. The molecular formula is C16H19NO2S. The van der Waals surface area contributed by atoms with Crippen molar-refractivity contribution in [1.82, 2.24) is 4.90 Å². The monoisotopic (exact) mass is 289 g/mol. The molecule has 2 aromatic rings. The van der Waals surface area contributed by atoms with E-state index in [-0.39, 0.29) is 5.91 Å². The Balaban J connectivity index is 2.17. The van der Waals surface area contributed by atoms with E-state index in [1.54, 1.807) is 23.7 Å². The quantitative estimate of drug-likeness (QED) is 0.801. The maximum absolute atomic E-state index is 12.5. The Labute approximate surface area is 124 Å². The fourth-order valence-electron chi connectivity index (χ4n) is 2.04. The average molecular weight is 289 g/mol. The van der Waals surface area contributed by atoms with E-state index < -0.39 is 0 Å². The summed E-state index contributed by atoms with van der Waals surface area (Å²) in [7, 11) is 1.80. The third kappa shape index (κ3) is 3.25. The van der Waals surface area contributed by atoms with Crippen LogP contribution in [0.1, 0.15) is 27.4 Å². The van der Waals surface area contributed by atoms with E-state index in [4.69, 9.17) is 4.42 Å². The zero-order valence-electron chi connectivity index (χ0n) is 12.3. The summed E-state index contributed by atoms with van der Waals surface area (Å²) in [6.45, 7) is 4.34. The molecule has 106 valence electrons. The van der Waals surface area contributed by atoms with Crippen molar-refractivity contribution < 1.29 is 9.21 Å². The largest absolute Gasteiger partial charge is 0.464 e. The molecule has 1 heterocycles. The second kappa shape index (κ2) is 6.18. The first-order valence-electron chi connectivity index (χ1n) is 6.46. The van der Waals surface area contributed by atoms with Crippen molar-refractivity contribution in [2.24, 2.45) is 0 Å². The Bertz CT molecular complexity index is 619. The van der Waals surface area contributed by atoms with Gasteiger partial charge in [-0.05, 0) is 49.9 Å². The fraction of sp³-hybridized carbons (Fsp3) is 0.312. The second-order valence-electron chi connectivity index (χ2n) is 4.85. The normalized spacial score (nSPS) is 10.6. The molecule has 0 spiro atoms. The summed E-state index contributed by atoms with van der Waals surface area (Å²) in [4.78, 5) is 15.3. The Morgan fingerprint density at radius 1 is 1.25 bits per heavy atom. The van der Waals surface area contributed by atoms with E-state index in [1.165, 1.54) is 0 Å². The van der Waals surface area contributed by atoms with Crippen LogP contribution in [0.4, 0.5) is 0 Å². The summed E-state index contributed by atoms with van der Waals surface area (Å²) in [6.07, 6.45) is 2.01. The molecular weight excluding hydrogens is 270 g/mol. The summed E-state index contributed by atoms with van der Waals surface area (Å²) in [5.41, 5.74) is 1.75. The van der Waals surface area contributed by atoms with Crippen LogP contribution in [-0.4, -0.2) is 24.1 Å². The molecule has 0 saturated heterocycles. The number of furan rings is 1. The maximum Gasteiger partial charge on any atom is 0.254 e. The molecule has 1 amide bonds. The highest BCUT2D eigenvalue weighted by Gasteiger charge is 2.16. The van der Waals surface area contributed by atoms with Gasteiger partial charge in [-0.1, -0.05) is 6.07 Å². The summed E-state index contributed by atoms with van der Waals surface area (Å²) in [5.74, 6) is 1.69. The molecule has 20 heavy (non-hydrogen) atoms. The minimum atomic E-state index is 0.0208. The third-order valence-corrected chi connectivity index (χ3v) is 3.94. The van der Waals surface area contributed by atoms with E-state index in [9.17, 15) is 4.79 Å². The minimum absolute atomic E-state index is 0.0208. The van der Waals surface area contributed by atoms with Crippen molar-refractivity contribution in [2.45, 2.75) is 25.3 Å². The van der Waals surface area contributed by atoms with Crippen LogP contribution in [0, 0.1) is 13.8 Å². The van der Waals surface area contributed by atoms with Gasteiger partial charge in [0.2, 0.25) is 0 Å². The summed E-state index contributed by atoms with van der Waals surface area (Å²) in [5, 5.41) is 0. The number of hydrogen-bond acceptors (Lipinski definition) is 3. The first-order chi connectivity index (χ1) is 9.51. The SMILES string of the molecule is CSc1ccc(C)c(C(=O)N(C)Cc2ccc(C)o2)c1. The summed E-state index contributed by atoms with van der Waals surface area (Å²) < 4.78 is 5.52. The van der Waals surface area contributed by atoms with E-state index >= 15 is 0 Å². The number of aryl methyl sites for hydroxylation is 2. The number of carbonyl (C=O) groups excluding carboxylic acids is 1. The topological polar surface area (TPSA) is 33.5 Å². The molecule has 0 saturated carbocycles. The Kier molecular flexibility index (Phi) is 4.55. The van der Waals surface area contributed by atoms with Gasteiger partial charge in [-0.2, -0.15) is 0 Å². The molecule has 0 fully saturated rings. The number of carbonyl (C=O) groups is 1. The van der Waals surface area contributed by atoms with Gasteiger partial charge in [0, 0.05) is 17.5 Å². The summed E-state index contributed by atoms with van der Waals surface area (Å²) >= 11 is 1.64. The van der Waals surface area contributed by atoms with Crippen molar-refractivity contribution >= 4 is 17.7 Å². The molecule has 0 atom stereocenters. The highest BCUT2D eigenvalue weighted by Crippen LogP contribution is 2.21. The fourth-order valence-corrected chi connectivity index (χ4v) is 2.48. The molecule has 1 aromatic carbocycles. The van der Waals surface area contributed by atoms with E-state index in [2.05, 4.69) is 0 Å². The maximum atomic E-state index is 12.5. The number of hydrogen-bond donors (Lipinski definition) is 0. The highest BCUT2D eigenvalue weighted by molar-refractivity contribution is 7.98. The van der Waals surface area contributed by atoms with Crippen molar-refractivity contribution in [3.05, 3.63) is 53.0 Å². The molecule has 1 aromatic heterocycles. The smallest absolute Gasteiger partial charge is 0.254 e. The van der Waals surface area contributed by atoms with E-state index in [1.807, 2.05) is 50.4 Å². The van der Waals surface area contributed by atoms with E-state index in [0.717, 1.165) is 27.5 Å². The van der Waals surface area contributed by atoms with Gasteiger partial charge >= 0.3 is 0 Å². The Morgan fingerprint density at radius 2 is 2.00 bits per heavy atom. The molecule has 0 bridgehead atoms. The Hall–Kier alpha value is -1.68. The minimum Gasteiger partial charge on any atom is -0.464 e. The first kappa shape index (κ1) is 14.7. The molecule has 0 aliphatic heterocycles. The van der Waals surface area contributed by atoms with Gasteiger partial charge < -0.3 is 9.32 Å². The lowest BCUT2D eigenvalue weighted by Crippen LogP contribution is -2.26. The highest BCUT2D eigenvalue weighted by atomic mass is 32.2. The van der Waals surface area contributed by atoms with Crippen LogP contribution in [0.3, 0.4) is 0 Å². The van der Waals surface area contributed by atoms with Crippen LogP contribution in [-0.2, 0) is 6.54 Å². The van der Waals surface area contributed by atoms with Gasteiger partial charge in [0.25, 0.3) is 5.91 Å². The molecule has 3 nitrogen and oxygen atoms in total. The average Bonchev–Trinajstić information content (AvgIpc) is 2.84. The zero-order chi connectivity index (χ0) is 14.7. The van der Waals surface area contributed by atoms with Crippen LogP contribution in [0.2, 0.25) is 0 Å². The second-order valence-corrected chi connectivity index (χ2v) is 5.73. The number of thioether (sulfide) groups is 1. The molecule has 0 aliphatic carbocycles. The summed E-state index contributed by atoms with van der Waals surface area (Å²) in [6, 6.07) is 9.79. The van der Waals surface area contributed by atoms with Crippen LogP contribution < -0.4 is 0 Å². The van der Waals surface area contributed by atoms with Gasteiger partial charge in [0.1, 0.15) is 11.5 Å².